The summed E-state index contributed by atoms with van der Waals surface area (Å²) in [4.78, 5) is 21.1. The summed E-state index contributed by atoms with van der Waals surface area (Å²) in [5, 5.41) is 13.3. The molecule has 2 fully saturated rings. The molecule has 0 aliphatic heterocycles. The quantitative estimate of drug-likeness (QED) is 0.305. The second-order valence-electron chi connectivity index (χ2n) is 9.90. The first-order valence-electron chi connectivity index (χ1n) is 12.0. The van der Waals surface area contributed by atoms with Gasteiger partial charge in [-0.1, -0.05) is 11.6 Å². The molecule has 37 heavy (non-hydrogen) atoms. The van der Waals surface area contributed by atoms with Gasteiger partial charge in [0.2, 0.25) is 5.95 Å². The van der Waals surface area contributed by atoms with E-state index >= 15 is 0 Å². The maximum atomic E-state index is 14.7. The third-order valence-corrected chi connectivity index (χ3v) is 7.26. The van der Waals surface area contributed by atoms with Crippen molar-refractivity contribution in [3.05, 3.63) is 59.3 Å². The van der Waals surface area contributed by atoms with Gasteiger partial charge < -0.3 is 15.4 Å². The van der Waals surface area contributed by atoms with Gasteiger partial charge in [0.1, 0.15) is 23.7 Å². The number of imidazole rings is 1. The van der Waals surface area contributed by atoms with E-state index in [1.165, 1.54) is 12.1 Å². The number of aromatic amines is 1. The number of carbonyl (C=O) groups excluding carboxylic acids is 1. The second-order valence-corrected chi connectivity index (χ2v) is 10.3. The molecular formula is C25H24ClF2N7O2. The third-order valence-electron chi connectivity index (χ3n) is 6.97. The number of amides is 1. The van der Waals surface area contributed by atoms with Crippen LogP contribution in [0.4, 0.5) is 25.3 Å². The summed E-state index contributed by atoms with van der Waals surface area (Å²) < 4.78 is 35.5. The molecule has 9 nitrogen and oxygen atoms in total. The van der Waals surface area contributed by atoms with Gasteiger partial charge in [0.05, 0.1) is 10.7 Å². The van der Waals surface area contributed by atoms with Gasteiger partial charge in [-0.15, -0.1) is 0 Å². The minimum absolute atomic E-state index is 0.00166. The SMILES string of the molecule is CC1(NC(=O)O[C@H]2C[C@@H](c3cc(Nc4nc(-c5ccc(F)c(Cl)c5)cc5nccn45)n[nH]3)C[C@H]2F)CC1. The lowest BCUT2D eigenvalue weighted by molar-refractivity contribution is 0.0583. The first kappa shape index (κ1) is 23.7. The number of nitrogens with zero attached hydrogens (tertiary/aromatic N) is 4. The molecule has 2 aliphatic carbocycles. The molecule has 0 radical (unpaired) electrons. The van der Waals surface area contributed by atoms with Gasteiger partial charge in [-0.2, -0.15) is 5.10 Å². The minimum atomic E-state index is -1.26. The Morgan fingerprint density at radius 1 is 1.27 bits per heavy atom. The molecule has 1 aromatic carbocycles. The normalized spacial score (nSPS) is 22.2. The van der Waals surface area contributed by atoms with Crippen LogP contribution in [0.5, 0.6) is 0 Å². The van der Waals surface area contributed by atoms with Crippen LogP contribution < -0.4 is 10.6 Å². The Labute approximate surface area is 215 Å². The zero-order valence-electron chi connectivity index (χ0n) is 19.8. The molecule has 3 aromatic heterocycles. The number of fused-ring (bicyclic) bond motifs is 1. The van der Waals surface area contributed by atoms with Crippen LogP contribution >= 0.6 is 11.6 Å². The summed E-state index contributed by atoms with van der Waals surface area (Å²) in [5.41, 5.74) is 2.31. The van der Waals surface area contributed by atoms with Gasteiger partial charge in [-0.3, -0.25) is 9.50 Å². The zero-order valence-corrected chi connectivity index (χ0v) is 20.6. The van der Waals surface area contributed by atoms with Crippen molar-refractivity contribution in [2.75, 3.05) is 5.32 Å². The number of hydrogen-bond donors (Lipinski definition) is 3. The number of hydrogen-bond acceptors (Lipinski definition) is 6. The number of halogens is 3. The van der Waals surface area contributed by atoms with Crippen LogP contribution in [0.2, 0.25) is 5.02 Å². The summed E-state index contributed by atoms with van der Waals surface area (Å²) in [6.45, 7) is 1.94. The van der Waals surface area contributed by atoms with Crippen LogP contribution in [0.15, 0.2) is 42.7 Å². The number of alkyl halides is 1. The van der Waals surface area contributed by atoms with Gasteiger partial charge in [-0.05, 0) is 50.8 Å². The Morgan fingerprint density at radius 2 is 2.11 bits per heavy atom. The summed E-state index contributed by atoms with van der Waals surface area (Å²) >= 11 is 5.96. The number of carbonyl (C=O) groups is 1. The molecule has 2 aliphatic rings. The molecule has 0 unspecified atom stereocenters. The Hall–Kier alpha value is -3.73. The Kier molecular flexibility index (Phi) is 5.74. The molecule has 0 saturated heterocycles. The van der Waals surface area contributed by atoms with Crippen LogP contribution in [0.1, 0.15) is 44.2 Å². The molecule has 192 valence electrons. The van der Waals surface area contributed by atoms with E-state index in [0.717, 1.165) is 18.5 Å². The highest BCUT2D eigenvalue weighted by Gasteiger charge is 2.42. The van der Waals surface area contributed by atoms with Gasteiger partial charge in [0.25, 0.3) is 0 Å². The zero-order chi connectivity index (χ0) is 25.7. The van der Waals surface area contributed by atoms with Crippen LogP contribution in [0.25, 0.3) is 16.9 Å². The number of benzene rings is 1. The third kappa shape index (κ3) is 4.83. The predicted octanol–water partition coefficient (Wildman–Crippen LogP) is 5.52. The Morgan fingerprint density at radius 3 is 2.89 bits per heavy atom. The summed E-state index contributed by atoms with van der Waals surface area (Å²) in [6.07, 6.45) is 3.14. The molecule has 3 atom stereocenters. The van der Waals surface area contributed by atoms with Crippen molar-refractivity contribution in [1.29, 1.82) is 0 Å². The Balaban J connectivity index is 1.18. The van der Waals surface area contributed by atoms with Crippen LogP contribution in [0, 0.1) is 5.82 Å². The van der Waals surface area contributed by atoms with Crippen molar-refractivity contribution in [3.63, 3.8) is 0 Å². The molecule has 0 bridgehead atoms. The fourth-order valence-corrected chi connectivity index (χ4v) is 4.77. The average Bonchev–Trinajstić information content (AvgIpc) is 3.25. The first-order chi connectivity index (χ1) is 17.8. The summed E-state index contributed by atoms with van der Waals surface area (Å²) in [7, 11) is 0. The molecule has 1 amide bonds. The van der Waals surface area contributed by atoms with Crippen LogP contribution in [-0.4, -0.2) is 48.5 Å². The fraction of sp³-hybridized carbons (Fsp3) is 0.360. The molecule has 3 N–H and O–H groups in total. The van der Waals surface area contributed by atoms with Crippen molar-refractivity contribution in [2.45, 2.75) is 56.3 Å². The van der Waals surface area contributed by atoms with E-state index in [-0.39, 0.29) is 22.9 Å². The lowest BCUT2D eigenvalue weighted by Crippen LogP contribution is -2.38. The van der Waals surface area contributed by atoms with Crippen molar-refractivity contribution in [1.82, 2.24) is 29.9 Å². The van der Waals surface area contributed by atoms with Gasteiger partial charge >= 0.3 is 6.09 Å². The Bertz CT molecular complexity index is 1480. The number of alkyl carbamates (subject to hydrolysis) is 1. The summed E-state index contributed by atoms with van der Waals surface area (Å²) in [5.74, 6) is 0.222. The van der Waals surface area contributed by atoms with Gasteiger partial charge in [-0.25, -0.2) is 23.5 Å². The van der Waals surface area contributed by atoms with E-state index in [1.807, 2.05) is 6.92 Å². The molecule has 3 heterocycles. The predicted molar refractivity (Wildman–Crippen MR) is 133 cm³/mol. The van der Waals surface area contributed by atoms with Crippen LogP contribution in [-0.2, 0) is 4.74 Å². The maximum Gasteiger partial charge on any atom is 0.407 e. The van der Waals surface area contributed by atoms with Gasteiger partial charge in [0, 0.05) is 47.2 Å². The first-order valence-corrected chi connectivity index (χ1v) is 12.4. The minimum Gasteiger partial charge on any atom is -0.443 e. The topological polar surface area (TPSA) is 109 Å². The molecular weight excluding hydrogens is 504 g/mol. The molecule has 6 rings (SSSR count). The monoisotopic (exact) mass is 527 g/mol. The highest BCUT2D eigenvalue weighted by molar-refractivity contribution is 6.31. The average molecular weight is 528 g/mol. The number of aromatic nitrogens is 5. The molecule has 2 saturated carbocycles. The smallest absolute Gasteiger partial charge is 0.407 e. The van der Waals surface area contributed by atoms with E-state index in [0.29, 0.717) is 35.1 Å². The summed E-state index contributed by atoms with van der Waals surface area (Å²) in [6, 6.07) is 7.94. The number of rotatable bonds is 6. The van der Waals surface area contributed by atoms with E-state index in [4.69, 9.17) is 16.3 Å². The number of nitrogens with one attached hydrogen (secondary N) is 3. The largest absolute Gasteiger partial charge is 0.443 e. The van der Waals surface area contributed by atoms with Crippen molar-refractivity contribution in [3.8, 4) is 11.3 Å². The maximum absolute atomic E-state index is 14.7. The van der Waals surface area contributed by atoms with Crippen molar-refractivity contribution in [2.24, 2.45) is 0 Å². The molecule has 0 spiro atoms. The lowest BCUT2D eigenvalue weighted by atomic mass is 10.0. The highest BCUT2D eigenvalue weighted by atomic mass is 35.5. The van der Waals surface area contributed by atoms with Crippen LogP contribution in [0.3, 0.4) is 0 Å². The van der Waals surface area contributed by atoms with Crippen molar-refractivity contribution < 1.29 is 18.3 Å². The molecule has 12 heteroatoms. The standard InChI is InChI=1S/C25H24ClF2N7O2/c1-25(4-5-25)32-24(36)37-20-10-14(9-17(20)28)19-11-21(34-33-19)31-23-30-18(12-22-29-6-7-35(22)23)13-2-3-16(27)15(26)8-13/h2-3,6-8,11-12,14,17,20H,4-5,9-10H2,1H3,(H,32,36)(H2,30,31,33,34)/t14-,17+,20-/m0/s1. The van der Waals surface area contributed by atoms with E-state index in [2.05, 4.69) is 30.8 Å². The second kappa shape index (κ2) is 8.98. The van der Waals surface area contributed by atoms with Gasteiger partial charge in [0.15, 0.2) is 5.82 Å². The van der Waals surface area contributed by atoms with E-state index in [1.54, 1.807) is 35.0 Å². The highest BCUT2D eigenvalue weighted by Crippen LogP contribution is 2.39. The number of H-pyrrole nitrogens is 1. The number of ether oxygens (including phenoxy) is 1. The molecule has 4 aromatic rings. The fourth-order valence-electron chi connectivity index (χ4n) is 4.59. The van der Waals surface area contributed by atoms with Crippen molar-refractivity contribution >= 4 is 35.1 Å². The lowest BCUT2D eigenvalue weighted by Gasteiger charge is -2.17. The number of anilines is 2. The van der Waals surface area contributed by atoms with E-state index < -0.39 is 24.2 Å². The van der Waals surface area contributed by atoms with E-state index in [9.17, 15) is 13.6 Å².